The quantitative estimate of drug-likeness (QED) is 0.650. The molecular weight excluding hydrogens is 238 g/mol. The van der Waals surface area contributed by atoms with Crippen LogP contribution in [0.1, 0.15) is 31.0 Å². The van der Waals surface area contributed by atoms with Gasteiger partial charge in [-0.3, -0.25) is 10.4 Å². The minimum Gasteiger partial charge on any atom is -0.457 e. The van der Waals surface area contributed by atoms with E-state index in [9.17, 15) is 0 Å². The normalized spacial score (nSPS) is 10.5. The summed E-state index contributed by atoms with van der Waals surface area (Å²) in [5.74, 6) is 1.81. The Hall–Kier alpha value is -2.36. The summed E-state index contributed by atoms with van der Waals surface area (Å²) < 4.78 is 5.71. The highest BCUT2D eigenvalue weighted by Crippen LogP contribution is 2.23. The van der Waals surface area contributed by atoms with Gasteiger partial charge >= 0.3 is 0 Å². The second-order valence-electron chi connectivity index (χ2n) is 4.62. The highest BCUT2D eigenvalue weighted by molar-refractivity contribution is 5.93. The van der Waals surface area contributed by atoms with Crippen LogP contribution in [0, 0.1) is 5.41 Å². The molecule has 0 aliphatic rings. The van der Waals surface area contributed by atoms with Crippen molar-refractivity contribution in [2.45, 2.75) is 19.8 Å². The third kappa shape index (κ3) is 3.31. The van der Waals surface area contributed by atoms with E-state index in [0.29, 0.717) is 17.4 Å². The smallest absolute Gasteiger partial charge is 0.141 e. The zero-order valence-corrected chi connectivity index (χ0v) is 11.1. The van der Waals surface area contributed by atoms with Crippen LogP contribution in [-0.2, 0) is 0 Å². The number of nitrogens with two attached hydrogens (primary N) is 1. The van der Waals surface area contributed by atoms with E-state index in [1.54, 1.807) is 18.3 Å². The summed E-state index contributed by atoms with van der Waals surface area (Å²) in [5.41, 5.74) is 7.08. The minimum atomic E-state index is -0.0689. The molecule has 0 unspecified atom stereocenters. The topological polar surface area (TPSA) is 72.0 Å². The third-order valence-corrected chi connectivity index (χ3v) is 2.79. The summed E-state index contributed by atoms with van der Waals surface area (Å²) >= 11 is 0. The van der Waals surface area contributed by atoms with Gasteiger partial charge < -0.3 is 10.5 Å². The van der Waals surface area contributed by atoms with Crippen molar-refractivity contribution in [2.24, 2.45) is 5.73 Å². The van der Waals surface area contributed by atoms with Crippen LogP contribution in [-0.4, -0.2) is 10.8 Å². The lowest BCUT2D eigenvalue weighted by Gasteiger charge is -2.09. The largest absolute Gasteiger partial charge is 0.457 e. The predicted molar refractivity (Wildman–Crippen MR) is 75.9 cm³/mol. The maximum Gasteiger partial charge on any atom is 0.141 e. The lowest BCUT2D eigenvalue weighted by Crippen LogP contribution is -2.12. The molecule has 19 heavy (non-hydrogen) atoms. The molecule has 0 fully saturated rings. The number of benzene rings is 1. The van der Waals surface area contributed by atoms with Crippen LogP contribution < -0.4 is 10.5 Å². The fraction of sp³-hybridized carbons (Fsp3) is 0.200. The predicted octanol–water partition coefficient (Wildman–Crippen LogP) is 3.28. The number of amidine groups is 1. The molecule has 98 valence electrons. The molecule has 0 bridgehead atoms. The van der Waals surface area contributed by atoms with E-state index in [1.807, 2.05) is 24.3 Å². The Morgan fingerprint density at radius 2 is 1.84 bits per heavy atom. The molecule has 0 radical (unpaired) electrons. The maximum absolute atomic E-state index is 7.35. The first-order valence-electron chi connectivity index (χ1n) is 6.14. The molecule has 0 saturated carbocycles. The fourth-order valence-electron chi connectivity index (χ4n) is 1.68. The van der Waals surface area contributed by atoms with Crippen molar-refractivity contribution in [1.82, 2.24) is 4.98 Å². The van der Waals surface area contributed by atoms with Gasteiger partial charge in [0.25, 0.3) is 0 Å². The summed E-state index contributed by atoms with van der Waals surface area (Å²) in [6.45, 7) is 4.30. The molecule has 4 nitrogen and oxygen atoms in total. The van der Waals surface area contributed by atoms with Crippen LogP contribution in [0.4, 0.5) is 0 Å². The van der Waals surface area contributed by atoms with Gasteiger partial charge in [-0.15, -0.1) is 0 Å². The molecule has 0 aliphatic heterocycles. The first-order valence-corrected chi connectivity index (χ1v) is 6.14. The van der Waals surface area contributed by atoms with Gasteiger partial charge in [0.2, 0.25) is 0 Å². The molecule has 0 saturated heterocycles. The summed E-state index contributed by atoms with van der Waals surface area (Å²) in [4.78, 5) is 3.99. The van der Waals surface area contributed by atoms with Crippen LogP contribution in [0.3, 0.4) is 0 Å². The van der Waals surface area contributed by atoms with Gasteiger partial charge in [-0.25, -0.2) is 0 Å². The Morgan fingerprint density at radius 3 is 2.42 bits per heavy atom. The molecule has 1 aromatic carbocycles. The van der Waals surface area contributed by atoms with E-state index in [2.05, 4.69) is 18.8 Å². The second kappa shape index (κ2) is 5.52. The van der Waals surface area contributed by atoms with Gasteiger partial charge in [0.05, 0.1) is 0 Å². The van der Waals surface area contributed by atoms with Crippen LogP contribution in [0.5, 0.6) is 11.5 Å². The van der Waals surface area contributed by atoms with Crippen molar-refractivity contribution < 1.29 is 4.74 Å². The van der Waals surface area contributed by atoms with Gasteiger partial charge in [-0.05, 0) is 29.7 Å². The molecule has 2 aromatic rings. The Morgan fingerprint density at radius 1 is 1.16 bits per heavy atom. The van der Waals surface area contributed by atoms with Crippen molar-refractivity contribution >= 4 is 5.84 Å². The SMILES string of the molecule is CC(C)c1ccc(Oc2ccnc(C(=N)N)c2)cc1. The van der Waals surface area contributed by atoms with Gasteiger partial charge in [-0.2, -0.15) is 0 Å². The number of hydrogen-bond donors (Lipinski definition) is 2. The molecule has 1 aromatic heterocycles. The average molecular weight is 255 g/mol. The van der Waals surface area contributed by atoms with Crippen molar-refractivity contribution in [3.63, 3.8) is 0 Å². The highest BCUT2D eigenvalue weighted by atomic mass is 16.5. The first-order chi connectivity index (χ1) is 9.06. The van der Waals surface area contributed by atoms with Gasteiger partial charge in [0.15, 0.2) is 0 Å². The molecule has 0 atom stereocenters. The zero-order valence-electron chi connectivity index (χ0n) is 11.1. The summed E-state index contributed by atoms with van der Waals surface area (Å²) in [7, 11) is 0. The Bertz CT molecular complexity index is 576. The van der Waals surface area contributed by atoms with E-state index in [-0.39, 0.29) is 5.84 Å². The summed E-state index contributed by atoms with van der Waals surface area (Å²) in [6.07, 6.45) is 1.58. The number of nitrogens with zero attached hydrogens (tertiary/aromatic N) is 1. The third-order valence-electron chi connectivity index (χ3n) is 2.79. The minimum absolute atomic E-state index is 0.0689. The molecular formula is C15H17N3O. The van der Waals surface area contributed by atoms with Gasteiger partial charge in [0.1, 0.15) is 23.0 Å². The van der Waals surface area contributed by atoms with Crippen molar-refractivity contribution in [2.75, 3.05) is 0 Å². The lowest BCUT2D eigenvalue weighted by atomic mass is 10.0. The number of ether oxygens (including phenoxy) is 1. The Balaban J connectivity index is 2.16. The monoisotopic (exact) mass is 255 g/mol. The van der Waals surface area contributed by atoms with E-state index in [4.69, 9.17) is 15.9 Å². The Labute approximate surface area is 112 Å². The van der Waals surface area contributed by atoms with E-state index >= 15 is 0 Å². The van der Waals surface area contributed by atoms with E-state index < -0.39 is 0 Å². The van der Waals surface area contributed by atoms with Crippen LogP contribution >= 0.6 is 0 Å². The van der Waals surface area contributed by atoms with Crippen LogP contribution in [0.25, 0.3) is 0 Å². The molecule has 3 N–H and O–H groups in total. The van der Waals surface area contributed by atoms with E-state index in [0.717, 1.165) is 5.75 Å². The van der Waals surface area contributed by atoms with E-state index in [1.165, 1.54) is 5.56 Å². The van der Waals surface area contributed by atoms with Gasteiger partial charge in [0, 0.05) is 12.3 Å². The number of rotatable bonds is 4. The number of nitrogens with one attached hydrogen (secondary N) is 1. The Kier molecular flexibility index (Phi) is 3.80. The molecule has 0 spiro atoms. The fourth-order valence-corrected chi connectivity index (χ4v) is 1.68. The molecule has 1 heterocycles. The second-order valence-corrected chi connectivity index (χ2v) is 4.62. The van der Waals surface area contributed by atoms with Crippen molar-refractivity contribution in [1.29, 1.82) is 5.41 Å². The van der Waals surface area contributed by atoms with Crippen LogP contribution in [0.2, 0.25) is 0 Å². The summed E-state index contributed by atoms with van der Waals surface area (Å²) in [5, 5.41) is 7.35. The van der Waals surface area contributed by atoms with Crippen LogP contribution in [0.15, 0.2) is 42.6 Å². The van der Waals surface area contributed by atoms with Crippen molar-refractivity contribution in [3.8, 4) is 11.5 Å². The number of pyridine rings is 1. The standard InChI is InChI=1S/C15H17N3O/c1-10(2)11-3-5-12(6-4-11)19-13-7-8-18-14(9-13)15(16)17/h3-10H,1-2H3,(H3,16,17). The number of aromatic nitrogens is 1. The van der Waals surface area contributed by atoms with Crippen molar-refractivity contribution in [3.05, 3.63) is 53.9 Å². The molecule has 0 amide bonds. The lowest BCUT2D eigenvalue weighted by molar-refractivity contribution is 0.481. The maximum atomic E-state index is 7.35. The average Bonchev–Trinajstić information content (AvgIpc) is 2.39. The zero-order chi connectivity index (χ0) is 13.8. The molecule has 4 heteroatoms. The number of hydrogen-bond acceptors (Lipinski definition) is 3. The summed E-state index contributed by atoms with van der Waals surface area (Å²) in [6, 6.07) is 11.4. The van der Waals surface area contributed by atoms with Gasteiger partial charge in [-0.1, -0.05) is 26.0 Å². The highest BCUT2D eigenvalue weighted by Gasteiger charge is 2.03. The first kappa shape index (κ1) is 13.1. The molecule has 2 rings (SSSR count). The molecule has 0 aliphatic carbocycles. The number of nitrogen functional groups attached to an aromatic ring is 1.